The van der Waals surface area contributed by atoms with Crippen LogP contribution in [0.5, 0.6) is 0 Å². The summed E-state index contributed by atoms with van der Waals surface area (Å²) in [6.45, 7) is 2.71. The Hall–Kier alpha value is -2.97. The first kappa shape index (κ1) is 18.4. The Kier molecular flexibility index (Phi) is 4.74. The number of nitrogens with zero attached hydrogens (tertiary/aromatic N) is 2. The number of halogens is 1. The largest absolute Gasteiger partial charge is 0.380 e. The van der Waals surface area contributed by atoms with Gasteiger partial charge in [0.25, 0.3) is 5.91 Å². The van der Waals surface area contributed by atoms with Crippen LogP contribution in [-0.4, -0.2) is 43.1 Å². The molecular weight excluding hydrogens is 363 g/mol. The molecular formula is C20H21FN4O3. The zero-order valence-corrected chi connectivity index (χ0v) is 15.2. The molecule has 2 saturated heterocycles. The van der Waals surface area contributed by atoms with Crippen molar-refractivity contribution in [3.63, 3.8) is 0 Å². The van der Waals surface area contributed by atoms with E-state index in [1.807, 2.05) is 35.8 Å². The van der Waals surface area contributed by atoms with Gasteiger partial charge in [-0.25, -0.2) is 15.0 Å². The average molecular weight is 384 g/mol. The predicted octanol–water partition coefficient (Wildman–Crippen LogP) is 1.89. The lowest BCUT2D eigenvalue weighted by molar-refractivity contribution is -0.174. The summed E-state index contributed by atoms with van der Waals surface area (Å²) in [4.78, 5) is 28.0. The van der Waals surface area contributed by atoms with Crippen molar-refractivity contribution < 1.29 is 18.7 Å². The molecule has 146 valence electrons. The number of rotatable bonds is 4. The van der Waals surface area contributed by atoms with E-state index in [0.717, 1.165) is 6.07 Å². The monoisotopic (exact) mass is 384 g/mol. The number of benzene rings is 2. The molecule has 2 fully saturated rings. The molecule has 3 N–H and O–H groups in total. The van der Waals surface area contributed by atoms with Crippen LogP contribution in [-0.2, 0) is 11.3 Å². The molecule has 0 saturated carbocycles. The van der Waals surface area contributed by atoms with E-state index in [9.17, 15) is 14.0 Å². The Balaban J connectivity index is 1.56. The van der Waals surface area contributed by atoms with E-state index in [0.29, 0.717) is 37.6 Å². The molecule has 0 bridgehead atoms. The topological polar surface area (TPSA) is 87.9 Å². The SMILES string of the molecule is NNC(=O)c1ccc(CN(C(=O)N2CC3(COC3)C2)c2ccccc2)c(F)c1. The zero-order chi connectivity index (χ0) is 19.7. The van der Waals surface area contributed by atoms with Gasteiger partial charge in [-0.15, -0.1) is 0 Å². The molecule has 4 rings (SSSR count). The normalized spacial score (nSPS) is 16.9. The third kappa shape index (κ3) is 3.32. The third-order valence-corrected chi connectivity index (χ3v) is 5.21. The molecule has 2 aliphatic heterocycles. The fourth-order valence-corrected chi connectivity index (χ4v) is 3.59. The minimum Gasteiger partial charge on any atom is -0.380 e. The van der Waals surface area contributed by atoms with E-state index >= 15 is 0 Å². The summed E-state index contributed by atoms with van der Waals surface area (Å²) in [7, 11) is 0. The summed E-state index contributed by atoms with van der Waals surface area (Å²) >= 11 is 0. The molecule has 0 atom stereocenters. The molecule has 1 spiro atoms. The number of nitrogen functional groups attached to an aromatic ring is 1. The minimum absolute atomic E-state index is 0.0548. The van der Waals surface area contributed by atoms with Gasteiger partial charge in [0.15, 0.2) is 0 Å². The number of urea groups is 1. The summed E-state index contributed by atoms with van der Waals surface area (Å²) in [6, 6.07) is 13.1. The highest BCUT2D eigenvalue weighted by Crippen LogP contribution is 2.38. The fourth-order valence-electron chi connectivity index (χ4n) is 3.59. The maximum Gasteiger partial charge on any atom is 0.324 e. The highest BCUT2D eigenvalue weighted by Gasteiger charge is 2.51. The highest BCUT2D eigenvalue weighted by atomic mass is 19.1. The number of likely N-dealkylation sites (tertiary alicyclic amines) is 1. The summed E-state index contributed by atoms with van der Waals surface area (Å²) in [5.41, 5.74) is 3.19. The van der Waals surface area contributed by atoms with Crippen LogP contribution < -0.4 is 16.2 Å². The highest BCUT2D eigenvalue weighted by molar-refractivity contribution is 5.94. The molecule has 2 heterocycles. The number of hydrogen-bond acceptors (Lipinski definition) is 4. The lowest BCUT2D eigenvalue weighted by atomic mass is 9.78. The number of amides is 3. The van der Waals surface area contributed by atoms with Crippen molar-refractivity contribution in [3.05, 3.63) is 65.5 Å². The molecule has 28 heavy (non-hydrogen) atoms. The van der Waals surface area contributed by atoms with E-state index in [1.54, 1.807) is 9.80 Å². The van der Waals surface area contributed by atoms with Crippen LogP contribution >= 0.6 is 0 Å². The van der Waals surface area contributed by atoms with Gasteiger partial charge in [0, 0.05) is 29.9 Å². The lowest BCUT2D eigenvalue weighted by Gasteiger charge is -2.55. The molecule has 0 radical (unpaired) electrons. The van der Waals surface area contributed by atoms with Crippen LogP contribution in [0.4, 0.5) is 14.9 Å². The Morgan fingerprint density at radius 1 is 1.18 bits per heavy atom. The van der Waals surface area contributed by atoms with Gasteiger partial charge in [0.2, 0.25) is 0 Å². The van der Waals surface area contributed by atoms with Crippen LogP contribution in [0.2, 0.25) is 0 Å². The number of nitrogens with one attached hydrogen (secondary N) is 1. The molecule has 2 aromatic rings. The van der Waals surface area contributed by atoms with Gasteiger partial charge in [-0.2, -0.15) is 0 Å². The molecule has 0 aliphatic carbocycles. The van der Waals surface area contributed by atoms with Crippen molar-refractivity contribution >= 4 is 17.6 Å². The molecule has 8 heteroatoms. The quantitative estimate of drug-likeness (QED) is 0.479. The van der Waals surface area contributed by atoms with Crippen LogP contribution in [0.3, 0.4) is 0 Å². The Labute approximate surface area is 161 Å². The Bertz CT molecular complexity index is 894. The van der Waals surface area contributed by atoms with Crippen molar-refractivity contribution in [2.24, 2.45) is 11.3 Å². The van der Waals surface area contributed by atoms with E-state index < -0.39 is 11.7 Å². The van der Waals surface area contributed by atoms with Crippen molar-refractivity contribution in [2.45, 2.75) is 6.54 Å². The maximum absolute atomic E-state index is 14.6. The molecule has 0 aromatic heterocycles. The van der Waals surface area contributed by atoms with Crippen molar-refractivity contribution in [3.8, 4) is 0 Å². The van der Waals surface area contributed by atoms with Gasteiger partial charge in [-0.05, 0) is 24.3 Å². The van der Waals surface area contributed by atoms with Gasteiger partial charge in [-0.1, -0.05) is 24.3 Å². The standard InChI is InChI=1S/C20H21FN4O3/c21-17-8-14(18(26)23-22)6-7-15(17)9-25(16-4-2-1-3-5-16)19(27)24-10-20(11-24)12-28-13-20/h1-8H,9-13,22H2,(H,23,26). The van der Waals surface area contributed by atoms with Crippen LogP contribution in [0.1, 0.15) is 15.9 Å². The van der Waals surface area contributed by atoms with E-state index in [2.05, 4.69) is 0 Å². The van der Waals surface area contributed by atoms with Gasteiger partial charge in [-0.3, -0.25) is 15.1 Å². The second-order valence-corrected chi connectivity index (χ2v) is 7.33. The Morgan fingerprint density at radius 2 is 1.89 bits per heavy atom. The van der Waals surface area contributed by atoms with E-state index in [4.69, 9.17) is 10.6 Å². The van der Waals surface area contributed by atoms with Gasteiger partial charge in [0.1, 0.15) is 5.82 Å². The number of anilines is 1. The first-order valence-corrected chi connectivity index (χ1v) is 9.00. The van der Waals surface area contributed by atoms with Crippen molar-refractivity contribution in [2.75, 3.05) is 31.2 Å². The molecule has 2 aromatic carbocycles. The van der Waals surface area contributed by atoms with Gasteiger partial charge in [0.05, 0.1) is 25.2 Å². The second-order valence-electron chi connectivity index (χ2n) is 7.33. The van der Waals surface area contributed by atoms with E-state index in [-0.39, 0.29) is 23.6 Å². The van der Waals surface area contributed by atoms with Gasteiger partial charge < -0.3 is 9.64 Å². The third-order valence-electron chi connectivity index (χ3n) is 5.21. The summed E-state index contributed by atoms with van der Waals surface area (Å²) in [5, 5.41) is 0. The first-order chi connectivity index (χ1) is 13.5. The number of nitrogens with two attached hydrogens (primary N) is 1. The van der Waals surface area contributed by atoms with Crippen molar-refractivity contribution in [1.82, 2.24) is 10.3 Å². The number of ether oxygens (including phenoxy) is 1. The van der Waals surface area contributed by atoms with Crippen molar-refractivity contribution in [1.29, 1.82) is 0 Å². The summed E-state index contributed by atoms with van der Waals surface area (Å²) < 4.78 is 19.8. The number of carbonyl (C=O) groups is 2. The first-order valence-electron chi connectivity index (χ1n) is 9.00. The second kappa shape index (κ2) is 7.21. The minimum atomic E-state index is -0.574. The number of para-hydroxylation sites is 1. The van der Waals surface area contributed by atoms with Crippen LogP contribution in [0.25, 0.3) is 0 Å². The number of hydrazine groups is 1. The summed E-state index contributed by atoms with van der Waals surface area (Å²) in [6.07, 6.45) is 0. The lowest BCUT2D eigenvalue weighted by Crippen LogP contribution is -2.68. The van der Waals surface area contributed by atoms with Gasteiger partial charge >= 0.3 is 6.03 Å². The van der Waals surface area contributed by atoms with Crippen LogP contribution in [0.15, 0.2) is 48.5 Å². The Morgan fingerprint density at radius 3 is 2.46 bits per heavy atom. The molecule has 7 nitrogen and oxygen atoms in total. The molecule has 0 unspecified atom stereocenters. The molecule has 2 aliphatic rings. The zero-order valence-electron chi connectivity index (χ0n) is 15.2. The molecule has 3 amide bonds. The number of hydrogen-bond donors (Lipinski definition) is 2. The summed E-state index contributed by atoms with van der Waals surface area (Å²) in [5.74, 6) is 3.95. The average Bonchev–Trinajstić information content (AvgIpc) is 2.64. The predicted molar refractivity (Wildman–Crippen MR) is 101 cm³/mol. The number of carbonyl (C=O) groups excluding carboxylic acids is 2. The van der Waals surface area contributed by atoms with E-state index in [1.165, 1.54) is 12.1 Å². The van der Waals surface area contributed by atoms with Crippen LogP contribution in [0, 0.1) is 11.2 Å². The maximum atomic E-state index is 14.6. The fraction of sp³-hybridized carbons (Fsp3) is 0.300. The smallest absolute Gasteiger partial charge is 0.324 e.